The lowest BCUT2D eigenvalue weighted by molar-refractivity contribution is 0.179. The molecule has 3 atom stereocenters. The van der Waals surface area contributed by atoms with Gasteiger partial charge in [0.05, 0.1) is 5.84 Å². The molecule has 2 aliphatic rings. The number of hydrogen-bond acceptors (Lipinski definition) is 5. The number of nitrogens with zero attached hydrogens (tertiary/aromatic N) is 3. The van der Waals surface area contributed by atoms with Crippen LogP contribution in [0, 0.1) is 5.92 Å². The van der Waals surface area contributed by atoms with E-state index < -0.39 is 0 Å². The van der Waals surface area contributed by atoms with Crippen molar-refractivity contribution < 1.29 is 0 Å². The maximum absolute atomic E-state index is 5.88. The van der Waals surface area contributed by atoms with Crippen LogP contribution >= 0.6 is 0 Å². The second-order valence-electron chi connectivity index (χ2n) is 6.97. The minimum atomic E-state index is 0.343. The molecule has 0 aromatic carbocycles. The number of amidine groups is 1. The van der Waals surface area contributed by atoms with Crippen molar-refractivity contribution in [2.75, 3.05) is 39.3 Å². The van der Waals surface area contributed by atoms with Crippen LogP contribution in [0.15, 0.2) is 4.99 Å². The van der Waals surface area contributed by atoms with Gasteiger partial charge in [-0.1, -0.05) is 13.8 Å². The van der Waals surface area contributed by atoms with Gasteiger partial charge in [-0.3, -0.25) is 9.89 Å². The smallest absolute Gasteiger partial charge is 0.104 e. The normalized spacial score (nSPS) is 34.9. The van der Waals surface area contributed by atoms with Crippen LogP contribution < -0.4 is 11.1 Å². The molecule has 2 rings (SSSR count). The zero-order valence-electron chi connectivity index (χ0n) is 14.7. The predicted molar refractivity (Wildman–Crippen MR) is 94.2 cm³/mol. The Morgan fingerprint density at radius 1 is 1.23 bits per heavy atom. The highest BCUT2D eigenvalue weighted by molar-refractivity contribution is 5.80. The van der Waals surface area contributed by atoms with E-state index >= 15 is 0 Å². The molecule has 0 aromatic rings. The minimum absolute atomic E-state index is 0.343. The number of nitrogens with two attached hydrogens (primary N) is 1. The van der Waals surface area contributed by atoms with E-state index in [0.29, 0.717) is 24.7 Å². The van der Waals surface area contributed by atoms with E-state index in [0.717, 1.165) is 18.8 Å². The Labute approximate surface area is 136 Å². The molecule has 1 saturated heterocycles. The van der Waals surface area contributed by atoms with E-state index in [1.54, 1.807) is 0 Å². The number of hydrogen-bond donors (Lipinski definition) is 2. The lowest BCUT2D eigenvalue weighted by Gasteiger charge is -2.34. The van der Waals surface area contributed by atoms with Crippen molar-refractivity contribution in [2.45, 2.75) is 58.7 Å². The first-order chi connectivity index (χ1) is 10.6. The molecule has 2 aliphatic heterocycles. The molecule has 0 aromatic heterocycles. The summed E-state index contributed by atoms with van der Waals surface area (Å²) in [5.74, 6) is 1.67. The average molecular weight is 310 g/mol. The lowest BCUT2D eigenvalue weighted by Crippen LogP contribution is -2.47. The predicted octanol–water partition coefficient (Wildman–Crippen LogP) is 1.50. The van der Waals surface area contributed by atoms with Crippen molar-refractivity contribution in [1.82, 2.24) is 15.1 Å². The zero-order valence-corrected chi connectivity index (χ0v) is 14.7. The Balaban J connectivity index is 1.98. The fraction of sp³-hybridized carbons (Fsp3) is 0.941. The monoisotopic (exact) mass is 309 g/mol. The maximum Gasteiger partial charge on any atom is 0.104 e. The largest absolute Gasteiger partial charge is 0.370 e. The fourth-order valence-corrected chi connectivity index (χ4v) is 3.73. The quantitative estimate of drug-likeness (QED) is 0.826. The van der Waals surface area contributed by atoms with E-state index in [9.17, 15) is 0 Å². The molecular formula is C17H35N5. The summed E-state index contributed by atoms with van der Waals surface area (Å²) in [6.45, 7) is 13.3. The van der Waals surface area contributed by atoms with Crippen LogP contribution in [0.2, 0.25) is 0 Å². The molecule has 128 valence electrons. The van der Waals surface area contributed by atoms with Crippen LogP contribution in [-0.4, -0.2) is 67.1 Å². The summed E-state index contributed by atoms with van der Waals surface area (Å²) in [5.41, 5.74) is 5.88. The van der Waals surface area contributed by atoms with E-state index in [2.05, 4.69) is 35.9 Å². The molecule has 1 fully saturated rings. The summed E-state index contributed by atoms with van der Waals surface area (Å²) in [6, 6.07) is 0.369. The molecular weight excluding hydrogens is 274 g/mol. The van der Waals surface area contributed by atoms with Crippen molar-refractivity contribution in [3.05, 3.63) is 0 Å². The molecule has 0 amide bonds. The first-order valence-electron chi connectivity index (χ1n) is 9.11. The van der Waals surface area contributed by atoms with Gasteiger partial charge in [0.1, 0.15) is 6.17 Å². The Morgan fingerprint density at radius 2 is 2.05 bits per heavy atom. The molecule has 0 saturated carbocycles. The molecule has 0 radical (unpaired) electrons. The van der Waals surface area contributed by atoms with Crippen LogP contribution in [0.5, 0.6) is 0 Å². The third kappa shape index (κ3) is 4.93. The highest BCUT2D eigenvalue weighted by Gasteiger charge is 2.26. The number of nitrogens with one attached hydrogen (secondary N) is 1. The van der Waals surface area contributed by atoms with Crippen molar-refractivity contribution in [1.29, 1.82) is 0 Å². The molecule has 0 bridgehead atoms. The second kappa shape index (κ2) is 8.85. The Morgan fingerprint density at radius 3 is 2.77 bits per heavy atom. The van der Waals surface area contributed by atoms with Gasteiger partial charge in [0.25, 0.3) is 0 Å². The van der Waals surface area contributed by atoms with Crippen LogP contribution in [0.4, 0.5) is 0 Å². The van der Waals surface area contributed by atoms with Gasteiger partial charge in [0, 0.05) is 32.2 Å². The van der Waals surface area contributed by atoms with Crippen molar-refractivity contribution in [2.24, 2.45) is 16.6 Å². The van der Waals surface area contributed by atoms with Crippen molar-refractivity contribution >= 4 is 5.84 Å². The standard InChI is InChI=1S/C17H35N5/c1-4-8-21-9-5-10-22(12-11-21)17-7-6-14(2)16(13-18)19-15(3)20-17/h14,16-17H,4-13,18H2,1-3H3,(H,19,20)/t14-,16?,17?/m1/s1. The van der Waals surface area contributed by atoms with Gasteiger partial charge in [-0.15, -0.1) is 0 Å². The van der Waals surface area contributed by atoms with Crippen LogP contribution in [0.1, 0.15) is 46.5 Å². The lowest BCUT2D eigenvalue weighted by atomic mass is 9.94. The van der Waals surface area contributed by atoms with Gasteiger partial charge in [-0.25, -0.2) is 0 Å². The van der Waals surface area contributed by atoms with Crippen LogP contribution in [0.3, 0.4) is 0 Å². The Bertz CT molecular complexity index is 357. The van der Waals surface area contributed by atoms with Gasteiger partial charge in [0.15, 0.2) is 0 Å². The third-order valence-corrected chi connectivity index (χ3v) is 5.14. The summed E-state index contributed by atoms with van der Waals surface area (Å²) in [5, 5.41) is 3.52. The summed E-state index contributed by atoms with van der Waals surface area (Å²) in [6.07, 6.45) is 5.22. The first-order valence-corrected chi connectivity index (χ1v) is 9.11. The van der Waals surface area contributed by atoms with Crippen LogP contribution in [-0.2, 0) is 0 Å². The topological polar surface area (TPSA) is 56.9 Å². The summed E-state index contributed by atoms with van der Waals surface area (Å²) >= 11 is 0. The van der Waals surface area contributed by atoms with E-state index in [1.807, 2.05) is 0 Å². The zero-order chi connectivity index (χ0) is 15.9. The molecule has 0 aliphatic carbocycles. The van der Waals surface area contributed by atoms with Gasteiger partial charge >= 0.3 is 0 Å². The SMILES string of the molecule is CCCN1CCCN(C2CC[C@@H](C)C(CN)N/C(C)=N\2)CC1. The van der Waals surface area contributed by atoms with Gasteiger partial charge in [-0.05, 0) is 51.6 Å². The van der Waals surface area contributed by atoms with Gasteiger partial charge in [-0.2, -0.15) is 0 Å². The average Bonchev–Trinajstić information content (AvgIpc) is 2.73. The van der Waals surface area contributed by atoms with Crippen molar-refractivity contribution in [3.63, 3.8) is 0 Å². The molecule has 2 unspecified atom stereocenters. The Hall–Kier alpha value is -0.650. The molecule has 5 nitrogen and oxygen atoms in total. The van der Waals surface area contributed by atoms with Crippen molar-refractivity contribution in [3.8, 4) is 0 Å². The second-order valence-corrected chi connectivity index (χ2v) is 6.97. The van der Waals surface area contributed by atoms with Gasteiger partial charge < -0.3 is 16.0 Å². The highest BCUT2D eigenvalue weighted by atomic mass is 15.3. The van der Waals surface area contributed by atoms with E-state index in [1.165, 1.54) is 45.4 Å². The molecule has 0 spiro atoms. The highest BCUT2D eigenvalue weighted by Crippen LogP contribution is 2.20. The fourth-order valence-electron chi connectivity index (χ4n) is 3.73. The van der Waals surface area contributed by atoms with Crippen LogP contribution in [0.25, 0.3) is 0 Å². The van der Waals surface area contributed by atoms with E-state index in [-0.39, 0.29) is 0 Å². The molecule has 3 N–H and O–H groups in total. The summed E-state index contributed by atoms with van der Waals surface area (Å²) in [4.78, 5) is 10.2. The molecule has 22 heavy (non-hydrogen) atoms. The summed E-state index contributed by atoms with van der Waals surface area (Å²) in [7, 11) is 0. The third-order valence-electron chi connectivity index (χ3n) is 5.14. The van der Waals surface area contributed by atoms with E-state index in [4.69, 9.17) is 10.7 Å². The number of aliphatic imine (C=N–C) groups is 1. The number of rotatable bonds is 4. The summed E-state index contributed by atoms with van der Waals surface area (Å²) < 4.78 is 0. The molecule has 2 heterocycles. The first kappa shape index (κ1) is 17.7. The maximum atomic E-state index is 5.88. The Kier molecular flexibility index (Phi) is 7.12. The molecule has 5 heteroatoms. The minimum Gasteiger partial charge on any atom is -0.370 e. The van der Waals surface area contributed by atoms with Gasteiger partial charge in [0.2, 0.25) is 0 Å².